The highest BCUT2D eigenvalue weighted by atomic mass is 16.7. The van der Waals surface area contributed by atoms with Gasteiger partial charge in [-0.2, -0.15) is 0 Å². The van der Waals surface area contributed by atoms with Crippen molar-refractivity contribution < 1.29 is 128 Å². The Hall–Kier alpha value is -7.61. The van der Waals surface area contributed by atoms with Crippen molar-refractivity contribution in [2.45, 2.75) is 180 Å². The fourth-order valence-corrected chi connectivity index (χ4v) is 11.6. The number of carbonyl (C=O) groups is 7. The van der Waals surface area contributed by atoms with Crippen LogP contribution >= 0.6 is 0 Å². The van der Waals surface area contributed by atoms with E-state index in [9.17, 15) is 90.4 Å². The molecule has 6 saturated heterocycles. The largest absolute Gasteiger partial charge is 0.462 e. The van der Waals surface area contributed by atoms with Gasteiger partial charge in [0.05, 0.1) is 45.1 Å². The summed E-state index contributed by atoms with van der Waals surface area (Å²) in [7, 11) is 0. The molecule has 0 spiro atoms. The number of esters is 1. The lowest BCUT2D eigenvalue weighted by molar-refractivity contribution is -0.353. The van der Waals surface area contributed by atoms with Crippen LogP contribution in [0.15, 0.2) is 54.6 Å². The molecule has 6 aliphatic heterocycles. The molecule has 0 aliphatic carbocycles. The second kappa shape index (κ2) is 33.1. The summed E-state index contributed by atoms with van der Waals surface area (Å²) in [5.41, 5.74) is 0.684. The molecule has 8 rings (SSSR count). The average Bonchev–Trinajstić information content (AvgIpc) is 1.29. The maximum absolute atomic E-state index is 15.1. The lowest BCUT2D eigenvalue weighted by Gasteiger charge is -2.46. The zero-order valence-electron chi connectivity index (χ0n) is 51.8. The van der Waals surface area contributed by atoms with E-state index in [1.807, 2.05) is 0 Å². The van der Waals surface area contributed by atoms with Gasteiger partial charge in [0.15, 0.2) is 30.5 Å². The van der Waals surface area contributed by atoms with Crippen molar-refractivity contribution in [1.82, 2.24) is 52.8 Å². The third-order valence-electron chi connectivity index (χ3n) is 16.9. The maximum Gasteiger partial charge on any atom is 0.306 e. The molecular weight excluding hydrogens is 1280 g/mol. The Morgan fingerprint density at radius 2 is 1.12 bits per heavy atom. The van der Waals surface area contributed by atoms with E-state index in [1.54, 1.807) is 44.2 Å². The molecule has 6 aliphatic rings. The van der Waals surface area contributed by atoms with Crippen LogP contribution in [0.25, 0.3) is 0 Å². The van der Waals surface area contributed by atoms with Crippen LogP contribution in [0.3, 0.4) is 0 Å². The van der Waals surface area contributed by atoms with Gasteiger partial charge in [0.1, 0.15) is 115 Å². The number of aliphatic hydroxyl groups excluding tert-OH is 13. The Kier molecular flexibility index (Phi) is 25.6. The number of hydrogen-bond acceptors (Lipinski definition) is 28. The van der Waals surface area contributed by atoms with Crippen LogP contribution in [0.5, 0.6) is 5.75 Å². The number of amides is 6. The van der Waals surface area contributed by atoms with E-state index in [2.05, 4.69) is 47.9 Å². The van der Waals surface area contributed by atoms with E-state index in [1.165, 1.54) is 24.3 Å². The van der Waals surface area contributed by atoms with Gasteiger partial charge in [-0.15, -0.1) is 0 Å². The molecule has 38 heteroatoms. The predicted octanol–water partition coefficient (Wildman–Crippen LogP) is -12.2. The summed E-state index contributed by atoms with van der Waals surface area (Å²) in [5, 5.41) is 181. The molecule has 0 aromatic heterocycles. The van der Waals surface area contributed by atoms with Crippen molar-refractivity contribution in [2.24, 2.45) is 5.92 Å². The number of hydrogen-bond donors (Lipinski definition) is 24. The van der Waals surface area contributed by atoms with Crippen LogP contribution in [0.4, 0.5) is 0 Å². The van der Waals surface area contributed by atoms with Crippen molar-refractivity contribution in [3.05, 3.63) is 65.7 Å². The van der Waals surface area contributed by atoms with Crippen molar-refractivity contribution in [2.75, 3.05) is 46.1 Å². The summed E-state index contributed by atoms with van der Waals surface area (Å²) in [6, 6.07) is 0.627. The molecule has 6 heterocycles. The lowest BCUT2D eigenvalue weighted by atomic mass is 9.95. The number of benzene rings is 2. The molecule has 0 radical (unpaired) electrons. The SMILES string of the molecule is CC(C)CC(=O)O[C@@H]1[C@@H](O[C@H]2[C@H](O)[C@H](O)[C@@H](Oc3ccc(C[C@H]4NC(=O)[C@H](Cc5ccccc5)NC(=O)CNC(=O)[C@H](CO)NC(=O)[C@@H](C(O)C5CNC(=N)N5[C@H]5O[C@H](CO)[C@@H](O)[C@H](O)[C@@H]5O)NC(=O)[C@H](C(O)C5CNC(=N)N5)NC4=O)cc3)O[C@@H]2CO)O[C@H](CO)[C@@H](O)[C@@H]1O. The van der Waals surface area contributed by atoms with E-state index in [0.29, 0.717) is 5.56 Å². The van der Waals surface area contributed by atoms with Gasteiger partial charge in [0, 0.05) is 32.4 Å². The zero-order valence-corrected chi connectivity index (χ0v) is 51.8. The van der Waals surface area contributed by atoms with Crippen LogP contribution in [0.2, 0.25) is 0 Å². The molecule has 38 nitrogen and oxygen atoms in total. The molecule has 2 aromatic rings. The maximum atomic E-state index is 15.1. The quantitative estimate of drug-likeness (QED) is 0.0547. The Labute approximate surface area is 546 Å². The fourth-order valence-electron chi connectivity index (χ4n) is 11.6. The molecule has 2 aromatic carbocycles. The molecule has 532 valence electrons. The van der Waals surface area contributed by atoms with E-state index < -0.39 is 240 Å². The van der Waals surface area contributed by atoms with Crippen LogP contribution in [-0.2, 0) is 70.1 Å². The number of rotatable bonds is 20. The molecule has 0 bridgehead atoms. The predicted molar refractivity (Wildman–Crippen MR) is 320 cm³/mol. The minimum atomic E-state index is -2.36. The molecule has 4 unspecified atom stereocenters. The van der Waals surface area contributed by atoms with E-state index in [4.69, 9.17) is 39.2 Å². The highest BCUT2D eigenvalue weighted by Gasteiger charge is 2.55. The first-order chi connectivity index (χ1) is 45.7. The Bertz CT molecular complexity index is 3040. The van der Waals surface area contributed by atoms with Gasteiger partial charge in [-0.3, -0.25) is 44.4 Å². The zero-order chi connectivity index (χ0) is 70.0. The minimum Gasteiger partial charge on any atom is -0.462 e. The second-order valence-corrected chi connectivity index (χ2v) is 24.2. The van der Waals surface area contributed by atoms with E-state index in [-0.39, 0.29) is 42.6 Å². The first-order valence-corrected chi connectivity index (χ1v) is 30.8. The fraction of sp³-hybridized carbons (Fsp3) is 0.638. The third-order valence-corrected chi connectivity index (χ3v) is 16.9. The van der Waals surface area contributed by atoms with Crippen molar-refractivity contribution in [1.29, 1.82) is 10.8 Å². The van der Waals surface area contributed by atoms with Gasteiger partial charge in [-0.25, -0.2) is 0 Å². The van der Waals surface area contributed by atoms with Crippen LogP contribution in [-0.4, -0.2) is 317 Å². The van der Waals surface area contributed by atoms with Crippen LogP contribution in [0, 0.1) is 16.7 Å². The van der Waals surface area contributed by atoms with Gasteiger partial charge in [-0.1, -0.05) is 56.3 Å². The topological polar surface area (TPSA) is 597 Å². The van der Waals surface area contributed by atoms with Crippen LogP contribution in [0.1, 0.15) is 31.4 Å². The summed E-state index contributed by atoms with van der Waals surface area (Å²) in [4.78, 5) is 100. The molecular formula is C58H84N12O26. The van der Waals surface area contributed by atoms with E-state index in [0.717, 1.165) is 4.90 Å². The van der Waals surface area contributed by atoms with Crippen LogP contribution < -0.4 is 52.6 Å². The van der Waals surface area contributed by atoms with Gasteiger partial charge in [-0.05, 0) is 29.2 Å². The number of ether oxygens (including phenoxy) is 6. The lowest BCUT2D eigenvalue weighted by Crippen LogP contribution is -2.69. The Morgan fingerprint density at radius 1 is 0.562 bits per heavy atom. The normalized spacial score (nSPS) is 35.9. The van der Waals surface area contributed by atoms with Gasteiger partial charge >= 0.3 is 5.97 Å². The molecule has 6 amide bonds. The summed E-state index contributed by atoms with van der Waals surface area (Å²) in [6.45, 7) is -2.08. The molecule has 0 saturated carbocycles. The Balaban J connectivity index is 1.09. The number of aliphatic hydroxyl groups is 13. The number of carbonyl (C=O) groups excluding carboxylic acids is 7. The molecule has 96 heavy (non-hydrogen) atoms. The highest BCUT2D eigenvalue weighted by molar-refractivity contribution is 5.98. The van der Waals surface area contributed by atoms with Crippen molar-refractivity contribution in [3.8, 4) is 5.75 Å². The van der Waals surface area contributed by atoms with Gasteiger partial charge in [0.25, 0.3) is 0 Å². The monoisotopic (exact) mass is 1360 g/mol. The summed E-state index contributed by atoms with van der Waals surface area (Å²) in [5.74, 6) is -9.48. The standard InChI is InChI=1S/C58H84N12O26/c1-22(2)12-35(76)95-48-43(82)41(80)32(20-73)93-56(48)96-47-33(21-74)94-55(46(85)44(47)83)91-25-10-8-24(9-11-25)14-27-51(88)68-36(38(77)28-15-62-57(59)67-28)53(90)69-37(39(78)30-16-63-58(60)70(30)54-45(84)42(81)40(79)31(19-72)92-54)52(89)66-29(18-71)49(86)61-17-34(75)64-26(50(87)65-27)13-23-6-4-3-5-7-23/h3-11,22,26-33,36-48,54-56,71-74,77-85H,12-21H2,1-2H3,(H2,60,63)(H,61,86)(H,64,75)(H,65,87)(H,66,89)(H,68,88)(H,69,90)(H3,59,62,67)/t26-,27+,28?,29-,30?,31+,32+,33+,36-,37+,38?,39?,40+,41+,42-,43-,44+,45-,46-,47+,48-,54-,55-,56+/m0/s1. The Morgan fingerprint density at radius 3 is 1.75 bits per heavy atom. The molecule has 24 N–H and O–H groups in total. The third kappa shape index (κ3) is 17.6. The van der Waals surface area contributed by atoms with Crippen molar-refractivity contribution >= 4 is 53.3 Å². The minimum absolute atomic E-state index is 0.0895. The van der Waals surface area contributed by atoms with Gasteiger partial charge in [0.2, 0.25) is 41.7 Å². The number of nitrogens with one attached hydrogen (secondary N) is 11. The summed E-state index contributed by atoms with van der Waals surface area (Å²) in [6.07, 6.45) is -32.3. The first-order valence-electron chi connectivity index (χ1n) is 30.8. The summed E-state index contributed by atoms with van der Waals surface area (Å²) >= 11 is 0. The number of guanidine groups is 2. The van der Waals surface area contributed by atoms with E-state index >= 15 is 9.59 Å². The first kappa shape index (κ1) is 74.2. The molecule has 6 fully saturated rings. The highest BCUT2D eigenvalue weighted by Crippen LogP contribution is 2.33. The second-order valence-electron chi connectivity index (χ2n) is 24.2. The summed E-state index contributed by atoms with van der Waals surface area (Å²) < 4.78 is 34.4. The van der Waals surface area contributed by atoms with Crippen molar-refractivity contribution in [3.63, 3.8) is 0 Å². The average molecular weight is 1370 g/mol. The molecule has 24 atom stereocenters. The van der Waals surface area contributed by atoms with Gasteiger partial charge < -0.3 is 148 Å². The smallest absolute Gasteiger partial charge is 0.306 e. The number of nitrogens with zero attached hydrogens (tertiary/aromatic N) is 1.